The highest BCUT2D eigenvalue weighted by Gasteiger charge is 2.66. The lowest BCUT2D eigenvalue weighted by Gasteiger charge is -2.44. The molecular formula is C29H28N2O6. The quantitative estimate of drug-likeness (QED) is 0.394. The summed E-state index contributed by atoms with van der Waals surface area (Å²) in [5.41, 5.74) is 2.97. The molecule has 3 fully saturated rings. The summed E-state index contributed by atoms with van der Waals surface area (Å²) in [6, 6.07) is 23.3. The number of imide groups is 1. The number of rotatable bonds is 5. The van der Waals surface area contributed by atoms with Gasteiger partial charge in [-0.2, -0.15) is 0 Å². The van der Waals surface area contributed by atoms with E-state index >= 15 is 0 Å². The van der Waals surface area contributed by atoms with E-state index in [2.05, 4.69) is 5.32 Å². The summed E-state index contributed by atoms with van der Waals surface area (Å²) in [6.45, 7) is -0.361. The normalized spacial score (nSPS) is 30.8. The Morgan fingerprint density at radius 1 is 0.892 bits per heavy atom. The van der Waals surface area contributed by atoms with E-state index < -0.39 is 35.6 Å². The van der Waals surface area contributed by atoms with Gasteiger partial charge in [-0.25, -0.2) is 0 Å². The molecule has 3 aromatic carbocycles. The SMILES string of the molecule is O=C1[C@H]2[C@H](C[C@H](CO)[C@@]3(O)O[C@H](c4ccc(O)cc4)C[C@@H]23)C(=O)N1c1ccc(Nc2ccccc2)cc1. The second-order valence-electron chi connectivity index (χ2n) is 10.1. The van der Waals surface area contributed by atoms with Crippen molar-refractivity contribution in [1.29, 1.82) is 0 Å². The van der Waals surface area contributed by atoms with E-state index in [9.17, 15) is 24.9 Å². The average molecular weight is 501 g/mol. The van der Waals surface area contributed by atoms with Gasteiger partial charge in [-0.3, -0.25) is 14.5 Å². The first-order valence-electron chi connectivity index (χ1n) is 12.5. The van der Waals surface area contributed by atoms with Crippen LogP contribution in [-0.4, -0.2) is 39.5 Å². The molecule has 0 spiro atoms. The first-order chi connectivity index (χ1) is 17.9. The van der Waals surface area contributed by atoms with Crippen molar-refractivity contribution in [3.63, 3.8) is 0 Å². The Labute approximate surface area is 214 Å². The number of fused-ring (bicyclic) bond motifs is 3. The molecule has 2 heterocycles. The van der Waals surface area contributed by atoms with Crippen LogP contribution < -0.4 is 10.2 Å². The average Bonchev–Trinajstić information content (AvgIpc) is 3.39. The standard InChI is InChI=1S/C29H28N2O6/c32-16-18-14-23-26(24-15-25(37-29(18,24)36)17-6-12-22(33)13-7-17)28(35)31(27(23)34)21-10-8-20(9-11-21)30-19-4-2-1-3-5-19/h1-13,18,23-26,30,32-33,36H,14-16H2/t18-,23+,24+,25+,26+,29-/m1/s1. The van der Waals surface area contributed by atoms with Crippen LogP contribution in [0.2, 0.25) is 0 Å². The second kappa shape index (κ2) is 8.99. The molecule has 37 heavy (non-hydrogen) atoms. The number of nitrogens with one attached hydrogen (secondary N) is 1. The van der Waals surface area contributed by atoms with Gasteiger partial charge in [0.05, 0.1) is 30.2 Å². The van der Waals surface area contributed by atoms with Crippen molar-refractivity contribution in [2.45, 2.75) is 24.7 Å². The molecule has 190 valence electrons. The molecular weight excluding hydrogens is 472 g/mol. The molecule has 8 heteroatoms. The van der Waals surface area contributed by atoms with Gasteiger partial charge in [-0.05, 0) is 66.9 Å². The van der Waals surface area contributed by atoms with E-state index in [1.165, 1.54) is 4.90 Å². The lowest BCUT2D eigenvalue weighted by Crippen LogP contribution is -2.54. The highest BCUT2D eigenvalue weighted by Crippen LogP contribution is 2.58. The van der Waals surface area contributed by atoms with E-state index in [1.54, 1.807) is 36.4 Å². The molecule has 1 saturated carbocycles. The Hall–Kier alpha value is -3.72. The summed E-state index contributed by atoms with van der Waals surface area (Å²) in [7, 11) is 0. The zero-order valence-electron chi connectivity index (χ0n) is 20.0. The van der Waals surface area contributed by atoms with Gasteiger partial charge in [0, 0.05) is 23.2 Å². The fraction of sp³-hybridized carbons (Fsp3) is 0.310. The maximum absolute atomic E-state index is 13.7. The van der Waals surface area contributed by atoms with Crippen molar-refractivity contribution in [3.8, 4) is 5.75 Å². The third-order valence-corrected chi connectivity index (χ3v) is 8.04. The molecule has 2 aliphatic heterocycles. The Balaban J connectivity index is 1.28. The Bertz CT molecular complexity index is 1310. The van der Waals surface area contributed by atoms with E-state index in [4.69, 9.17) is 4.74 Å². The third kappa shape index (κ3) is 3.89. The van der Waals surface area contributed by atoms with Crippen LogP contribution in [0.25, 0.3) is 0 Å². The van der Waals surface area contributed by atoms with Gasteiger partial charge in [0.1, 0.15) is 5.75 Å². The summed E-state index contributed by atoms with van der Waals surface area (Å²) < 4.78 is 6.11. The largest absolute Gasteiger partial charge is 0.508 e. The van der Waals surface area contributed by atoms with Crippen molar-refractivity contribution < 1.29 is 29.6 Å². The van der Waals surface area contributed by atoms with E-state index in [1.807, 2.05) is 42.5 Å². The van der Waals surface area contributed by atoms with E-state index in [0.717, 1.165) is 16.9 Å². The number of ether oxygens (including phenoxy) is 1. The summed E-state index contributed by atoms with van der Waals surface area (Å²) in [4.78, 5) is 28.5. The van der Waals surface area contributed by atoms with E-state index in [0.29, 0.717) is 12.1 Å². The smallest absolute Gasteiger partial charge is 0.238 e. The van der Waals surface area contributed by atoms with Crippen LogP contribution in [0.1, 0.15) is 24.5 Å². The summed E-state index contributed by atoms with van der Waals surface area (Å²) in [5, 5.41) is 34.7. The molecule has 8 nitrogen and oxygen atoms in total. The van der Waals surface area contributed by atoms with Crippen LogP contribution in [0.3, 0.4) is 0 Å². The van der Waals surface area contributed by atoms with Crippen LogP contribution in [0.4, 0.5) is 17.1 Å². The van der Waals surface area contributed by atoms with Crippen LogP contribution in [0.5, 0.6) is 5.75 Å². The van der Waals surface area contributed by atoms with Crippen molar-refractivity contribution in [1.82, 2.24) is 0 Å². The maximum Gasteiger partial charge on any atom is 0.238 e. The molecule has 2 amide bonds. The fourth-order valence-corrected chi connectivity index (χ4v) is 6.23. The summed E-state index contributed by atoms with van der Waals surface area (Å²) >= 11 is 0. The number of aliphatic hydroxyl groups is 2. The monoisotopic (exact) mass is 500 g/mol. The number of benzene rings is 3. The van der Waals surface area contributed by atoms with Crippen molar-refractivity contribution >= 4 is 28.9 Å². The van der Waals surface area contributed by atoms with Gasteiger partial charge in [0.15, 0.2) is 5.79 Å². The highest BCUT2D eigenvalue weighted by molar-refractivity contribution is 6.22. The number of nitrogens with zero attached hydrogens (tertiary/aromatic N) is 1. The number of hydrogen-bond acceptors (Lipinski definition) is 7. The summed E-state index contributed by atoms with van der Waals surface area (Å²) in [5.74, 6) is -5.01. The number of hydrogen-bond donors (Lipinski definition) is 4. The molecule has 3 aliphatic rings. The summed E-state index contributed by atoms with van der Waals surface area (Å²) in [6.07, 6.45) is -0.0413. The minimum Gasteiger partial charge on any atom is -0.508 e. The lowest BCUT2D eigenvalue weighted by molar-refractivity contribution is -0.274. The topological polar surface area (TPSA) is 119 Å². The first kappa shape index (κ1) is 23.7. The van der Waals surface area contributed by atoms with Gasteiger partial charge in [-0.1, -0.05) is 30.3 Å². The molecule has 0 bridgehead atoms. The van der Waals surface area contributed by atoms with Gasteiger partial charge in [-0.15, -0.1) is 0 Å². The van der Waals surface area contributed by atoms with Crippen molar-refractivity contribution in [2.24, 2.45) is 23.7 Å². The lowest BCUT2D eigenvalue weighted by atomic mass is 9.64. The van der Waals surface area contributed by atoms with Gasteiger partial charge >= 0.3 is 0 Å². The van der Waals surface area contributed by atoms with E-state index in [-0.39, 0.29) is 30.6 Å². The number of amides is 2. The number of carbonyl (C=O) groups excluding carboxylic acids is 2. The van der Waals surface area contributed by atoms with Crippen LogP contribution in [-0.2, 0) is 14.3 Å². The first-order valence-corrected chi connectivity index (χ1v) is 12.5. The van der Waals surface area contributed by atoms with Gasteiger partial charge in [0.25, 0.3) is 0 Å². The predicted octanol–water partition coefficient (Wildman–Crippen LogP) is 3.72. The molecule has 0 radical (unpaired) electrons. The minimum absolute atomic E-state index is 0.114. The zero-order valence-corrected chi connectivity index (χ0v) is 20.0. The Kier molecular flexibility index (Phi) is 5.75. The number of aromatic hydroxyl groups is 1. The van der Waals surface area contributed by atoms with Crippen LogP contribution in [0, 0.1) is 23.7 Å². The number of aliphatic hydroxyl groups excluding tert-OH is 1. The maximum atomic E-state index is 13.7. The fourth-order valence-electron chi connectivity index (χ4n) is 6.23. The highest BCUT2D eigenvalue weighted by atomic mass is 16.6. The van der Waals surface area contributed by atoms with Gasteiger partial charge in [0.2, 0.25) is 11.8 Å². The number of phenolic OH excluding ortho intramolecular Hbond substituents is 1. The minimum atomic E-state index is -1.73. The Morgan fingerprint density at radius 3 is 2.24 bits per heavy atom. The van der Waals surface area contributed by atoms with Crippen molar-refractivity contribution in [3.05, 3.63) is 84.4 Å². The molecule has 4 N–H and O–H groups in total. The molecule has 0 aromatic heterocycles. The zero-order chi connectivity index (χ0) is 25.7. The van der Waals surface area contributed by atoms with Crippen LogP contribution in [0.15, 0.2) is 78.9 Å². The molecule has 6 rings (SSSR count). The number of para-hydroxylation sites is 1. The molecule has 2 saturated heterocycles. The third-order valence-electron chi connectivity index (χ3n) is 8.04. The molecule has 1 aliphatic carbocycles. The number of phenols is 1. The molecule has 0 unspecified atom stereocenters. The second-order valence-corrected chi connectivity index (χ2v) is 10.1. The van der Waals surface area contributed by atoms with Crippen LogP contribution >= 0.6 is 0 Å². The Morgan fingerprint density at radius 2 is 1.57 bits per heavy atom. The number of anilines is 3. The van der Waals surface area contributed by atoms with Gasteiger partial charge < -0.3 is 25.4 Å². The van der Waals surface area contributed by atoms with Crippen molar-refractivity contribution in [2.75, 3.05) is 16.8 Å². The molecule has 3 aromatic rings. The number of carbonyl (C=O) groups is 2. The predicted molar refractivity (Wildman–Crippen MR) is 136 cm³/mol. The molecule has 6 atom stereocenters.